The number of hydrogen-bond acceptors (Lipinski definition) is 7. The van der Waals surface area contributed by atoms with Crippen molar-refractivity contribution in [2.45, 2.75) is 32.0 Å². The largest absolute Gasteiger partial charge is 0.493 e. The monoisotopic (exact) mass is 465 g/mol. The number of carbonyl (C=O) groups is 1. The fraction of sp³-hybridized carbons (Fsp3) is 0.292. The van der Waals surface area contributed by atoms with Gasteiger partial charge < -0.3 is 20.1 Å². The van der Waals surface area contributed by atoms with E-state index >= 15 is 0 Å². The number of methoxy groups -OCH3 is 2. The summed E-state index contributed by atoms with van der Waals surface area (Å²) in [4.78, 5) is 18.2. The highest BCUT2D eigenvalue weighted by Crippen LogP contribution is 2.39. The number of amides is 1. The fourth-order valence-corrected chi connectivity index (χ4v) is 4.42. The highest BCUT2D eigenvalue weighted by atomic mass is 32.2. The lowest BCUT2D eigenvalue weighted by Crippen LogP contribution is -2.31. The topological polar surface area (TPSA) is 90.3 Å². The molecule has 0 radical (unpaired) electrons. The van der Waals surface area contributed by atoms with E-state index in [-0.39, 0.29) is 5.91 Å². The third-order valence-corrected chi connectivity index (χ3v) is 6.07. The molecule has 0 fully saturated rings. The highest BCUT2D eigenvalue weighted by Gasteiger charge is 2.35. The van der Waals surface area contributed by atoms with Crippen molar-refractivity contribution in [3.8, 4) is 11.5 Å². The lowest BCUT2D eigenvalue weighted by molar-refractivity contribution is -0.113. The number of thioether (sulfide) groups is 1. The van der Waals surface area contributed by atoms with Crippen LogP contribution >= 0.6 is 11.8 Å². The van der Waals surface area contributed by atoms with Gasteiger partial charge in [-0.05, 0) is 55.0 Å². The van der Waals surface area contributed by atoms with Gasteiger partial charge in [-0.3, -0.25) is 4.79 Å². The van der Waals surface area contributed by atoms with Gasteiger partial charge >= 0.3 is 0 Å². The van der Waals surface area contributed by atoms with Crippen LogP contribution in [0.3, 0.4) is 0 Å². The molecule has 0 saturated heterocycles. The molecule has 4 rings (SSSR count). The van der Waals surface area contributed by atoms with Crippen LogP contribution in [0, 0.1) is 6.92 Å². The van der Waals surface area contributed by atoms with Crippen molar-refractivity contribution in [1.29, 1.82) is 0 Å². The van der Waals surface area contributed by atoms with Crippen LogP contribution in [0.1, 0.15) is 31.0 Å². The molecule has 1 unspecified atom stereocenters. The first kappa shape index (κ1) is 22.7. The smallest absolute Gasteiger partial charge is 0.255 e. The quantitative estimate of drug-likeness (QED) is 0.491. The average molecular weight is 466 g/mol. The number of fused-ring (bicyclic) bond motifs is 1. The van der Waals surface area contributed by atoms with Crippen molar-refractivity contribution in [1.82, 2.24) is 14.8 Å². The first-order chi connectivity index (χ1) is 15.9. The number of nitrogens with one attached hydrogen (secondary N) is 2. The summed E-state index contributed by atoms with van der Waals surface area (Å²) in [6, 6.07) is 12.9. The summed E-state index contributed by atoms with van der Waals surface area (Å²) in [6.07, 6.45) is 0. The zero-order valence-corrected chi connectivity index (χ0v) is 20.1. The van der Waals surface area contributed by atoms with E-state index in [2.05, 4.69) is 15.6 Å². The van der Waals surface area contributed by atoms with E-state index in [9.17, 15) is 4.79 Å². The molecule has 1 amide bonds. The maximum absolute atomic E-state index is 13.6. The summed E-state index contributed by atoms with van der Waals surface area (Å²) in [5.74, 6) is 2.42. The number of aromatic nitrogens is 3. The van der Waals surface area contributed by atoms with Crippen LogP contribution in [0.4, 0.5) is 11.6 Å². The zero-order chi connectivity index (χ0) is 23.5. The summed E-state index contributed by atoms with van der Waals surface area (Å²) < 4.78 is 12.7. The third-order valence-electron chi connectivity index (χ3n) is 5.35. The maximum Gasteiger partial charge on any atom is 0.255 e. The average Bonchev–Trinajstić information content (AvgIpc) is 3.19. The molecule has 172 valence electrons. The van der Waals surface area contributed by atoms with Crippen LogP contribution in [-0.2, 0) is 4.79 Å². The Balaban J connectivity index is 1.81. The van der Waals surface area contributed by atoms with Gasteiger partial charge in [-0.15, -0.1) is 5.10 Å². The van der Waals surface area contributed by atoms with Crippen LogP contribution in [0.5, 0.6) is 11.5 Å². The maximum atomic E-state index is 13.6. The van der Waals surface area contributed by atoms with Crippen LogP contribution in [0.15, 0.2) is 58.9 Å². The van der Waals surface area contributed by atoms with Crippen LogP contribution in [0.2, 0.25) is 0 Å². The van der Waals surface area contributed by atoms with Crippen molar-refractivity contribution in [2.24, 2.45) is 0 Å². The van der Waals surface area contributed by atoms with Gasteiger partial charge in [0.05, 0.1) is 19.8 Å². The Morgan fingerprint density at radius 2 is 1.94 bits per heavy atom. The lowest BCUT2D eigenvalue weighted by Gasteiger charge is -2.29. The molecule has 9 heteroatoms. The second kappa shape index (κ2) is 9.58. The Bertz CT molecular complexity index is 1220. The van der Waals surface area contributed by atoms with Crippen molar-refractivity contribution in [2.75, 3.05) is 30.6 Å². The molecular formula is C24H27N5O3S. The second-order valence-electron chi connectivity index (χ2n) is 7.60. The van der Waals surface area contributed by atoms with E-state index in [1.54, 1.807) is 30.7 Å². The molecule has 0 aliphatic carbocycles. The van der Waals surface area contributed by atoms with Gasteiger partial charge in [0.2, 0.25) is 11.1 Å². The number of anilines is 2. The van der Waals surface area contributed by atoms with Crippen molar-refractivity contribution in [3.05, 3.63) is 64.9 Å². The number of allylic oxidation sites excluding steroid dienone is 1. The molecule has 2 aromatic carbocycles. The van der Waals surface area contributed by atoms with Gasteiger partial charge in [-0.25, -0.2) is 4.68 Å². The van der Waals surface area contributed by atoms with Gasteiger partial charge in [0.15, 0.2) is 11.5 Å². The highest BCUT2D eigenvalue weighted by molar-refractivity contribution is 7.99. The summed E-state index contributed by atoms with van der Waals surface area (Å²) in [5, 5.41) is 11.6. The number of aryl methyl sites for hydroxylation is 1. The Morgan fingerprint density at radius 1 is 1.15 bits per heavy atom. The van der Waals surface area contributed by atoms with E-state index in [0.717, 1.165) is 22.6 Å². The minimum Gasteiger partial charge on any atom is -0.493 e. The summed E-state index contributed by atoms with van der Waals surface area (Å²) in [5.41, 5.74) is 3.90. The molecule has 0 spiro atoms. The molecule has 33 heavy (non-hydrogen) atoms. The Labute approximate surface area is 197 Å². The molecular weight excluding hydrogens is 438 g/mol. The van der Waals surface area contributed by atoms with Crippen LogP contribution < -0.4 is 20.1 Å². The van der Waals surface area contributed by atoms with Gasteiger partial charge in [-0.2, -0.15) is 4.98 Å². The summed E-state index contributed by atoms with van der Waals surface area (Å²) >= 11 is 1.55. The number of hydrogen-bond donors (Lipinski definition) is 2. The second-order valence-corrected chi connectivity index (χ2v) is 8.83. The Kier molecular flexibility index (Phi) is 6.60. The molecule has 1 aliphatic rings. The number of ether oxygens (including phenoxy) is 2. The van der Waals surface area contributed by atoms with Gasteiger partial charge in [0.1, 0.15) is 6.04 Å². The first-order valence-corrected chi connectivity index (χ1v) is 11.6. The van der Waals surface area contributed by atoms with Crippen molar-refractivity contribution in [3.63, 3.8) is 0 Å². The van der Waals surface area contributed by atoms with Gasteiger partial charge in [-0.1, -0.05) is 36.9 Å². The van der Waals surface area contributed by atoms with E-state index in [4.69, 9.17) is 14.6 Å². The Hall–Kier alpha value is -3.46. The first-order valence-electron chi connectivity index (χ1n) is 10.6. The lowest BCUT2D eigenvalue weighted by atomic mass is 9.94. The molecule has 1 atom stereocenters. The van der Waals surface area contributed by atoms with Gasteiger partial charge in [0.25, 0.3) is 5.91 Å². The predicted octanol–water partition coefficient (Wildman–Crippen LogP) is 4.64. The van der Waals surface area contributed by atoms with E-state index in [0.29, 0.717) is 33.9 Å². The number of rotatable bonds is 7. The standard InChI is InChI=1S/C24H27N5O3S/c1-6-33-24-27-23-25-15(3)20(22(30)26-17-9-7-8-14(2)12-17)21(29(23)28-24)16-10-11-18(31-4)19(13-16)32-5/h7-13,21H,6H2,1-5H3,(H,26,30)(H,25,27,28). The van der Waals surface area contributed by atoms with E-state index < -0.39 is 6.04 Å². The SMILES string of the molecule is CCSc1nc2n(n1)C(c1ccc(OC)c(OC)c1)C(C(=O)Nc1cccc(C)c1)=C(C)N2. The minimum absolute atomic E-state index is 0.212. The summed E-state index contributed by atoms with van der Waals surface area (Å²) in [7, 11) is 3.18. The molecule has 2 heterocycles. The minimum atomic E-state index is -0.496. The van der Waals surface area contributed by atoms with Crippen molar-refractivity contribution >= 4 is 29.3 Å². The number of nitrogens with zero attached hydrogens (tertiary/aromatic N) is 3. The molecule has 2 N–H and O–H groups in total. The fourth-order valence-electron chi connectivity index (χ4n) is 3.87. The number of carbonyl (C=O) groups excluding carboxylic acids is 1. The van der Waals surface area contributed by atoms with Gasteiger partial charge in [0, 0.05) is 11.4 Å². The summed E-state index contributed by atoms with van der Waals surface area (Å²) in [6.45, 7) is 5.92. The zero-order valence-electron chi connectivity index (χ0n) is 19.3. The molecule has 0 saturated carbocycles. The van der Waals surface area contributed by atoms with E-state index in [1.165, 1.54) is 0 Å². The normalized spacial score (nSPS) is 15.0. The number of benzene rings is 2. The molecule has 1 aliphatic heterocycles. The molecule has 8 nitrogen and oxygen atoms in total. The Morgan fingerprint density at radius 3 is 2.64 bits per heavy atom. The molecule has 3 aromatic rings. The molecule has 1 aromatic heterocycles. The third kappa shape index (κ3) is 4.54. The van der Waals surface area contributed by atoms with Crippen LogP contribution in [0.25, 0.3) is 0 Å². The van der Waals surface area contributed by atoms with Crippen LogP contribution in [-0.4, -0.2) is 40.6 Å². The van der Waals surface area contributed by atoms with E-state index in [1.807, 2.05) is 63.2 Å². The van der Waals surface area contributed by atoms with Crippen molar-refractivity contribution < 1.29 is 14.3 Å². The predicted molar refractivity (Wildman–Crippen MR) is 130 cm³/mol. The molecule has 0 bridgehead atoms.